The van der Waals surface area contributed by atoms with Gasteiger partial charge in [0.15, 0.2) is 0 Å². The maximum absolute atomic E-state index is 10.1. The van der Waals surface area contributed by atoms with Gasteiger partial charge in [-0.15, -0.1) is 0 Å². The van der Waals surface area contributed by atoms with Crippen LogP contribution in [0.15, 0.2) is 35.4 Å². The lowest BCUT2D eigenvalue weighted by molar-refractivity contribution is 0.0596. The van der Waals surface area contributed by atoms with Crippen LogP contribution < -0.4 is 0 Å². The molecule has 164 valence electrons. The van der Waals surface area contributed by atoms with Crippen LogP contribution in [0.25, 0.3) is 0 Å². The van der Waals surface area contributed by atoms with Gasteiger partial charge in [-0.1, -0.05) is 56.5 Å². The average Bonchev–Trinajstić information content (AvgIpc) is 3.04. The van der Waals surface area contributed by atoms with Gasteiger partial charge in [-0.2, -0.15) is 0 Å². The summed E-state index contributed by atoms with van der Waals surface area (Å²) in [6.07, 6.45) is 12.0. The molecular weight excluding hydrogens is 356 g/mol. The molecule has 3 aliphatic carbocycles. The fraction of sp³-hybridized carbons (Fsp3) is 0.778. The molecule has 2 N–H and O–H groups in total. The van der Waals surface area contributed by atoms with Crippen molar-refractivity contribution in [3.8, 4) is 0 Å². The zero-order valence-corrected chi connectivity index (χ0v) is 19.1. The van der Waals surface area contributed by atoms with Crippen molar-refractivity contribution in [1.82, 2.24) is 0 Å². The first-order valence-electron chi connectivity index (χ1n) is 13.4. The second kappa shape index (κ2) is 9.10. The smallest absolute Gasteiger partial charge is 0.0626 e. The number of hydrogen-bond acceptors (Lipinski definition) is 2. The first-order chi connectivity index (χ1) is 14.9. The minimum absolute atomic E-state index is 0.204. The van der Waals surface area contributed by atoms with E-state index in [4.69, 9.17) is 4.11 Å². The van der Waals surface area contributed by atoms with Crippen molar-refractivity contribution in [2.45, 2.75) is 110 Å². The third-order valence-corrected chi connectivity index (χ3v) is 8.14. The van der Waals surface area contributed by atoms with Crippen LogP contribution in [-0.2, 0) is 0 Å². The molecule has 29 heavy (non-hydrogen) atoms. The lowest BCUT2D eigenvalue weighted by Crippen LogP contribution is -2.36. The van der Waals surface area contributed by atoms with Gasteiger partial charge in [0.2, 0.25) is 0 Å². The van der Waals surface area contributed by atoms with Crippen LogP contribution in [-0.4, -0.2) is 21.9 Å². The van der Waals surface area contributed by atoms with Crippen molar-refractivity contribution >= 4 is 0 Å². The molecule has 0 aromatic heterocycles. The lowest BCUT2D eigenvalue weighted by Gasteiger charge is -2.44. The second-order valence-corrected chi connectivity index (χ2v) is 11.0. The van der Waals surface area contributed by atoms with Crippen LogP contribution in [0.5, 0.6) is 0 Å². The van der Waals surface area contributed by atoms with Crippen LogP contribution >= 0.6 is 0 Å². The van der Waals surface area contributed by atoms with Gasteiger partial charge in [-0.3, -0.25) is 0 Å². The van der Waals surface area contributed by atoms with Crippen molar-refractivity contribution in [2.24, 2.45) is 23.2 Å². The van der Waals surface area contributed by atoms with E-state index < -0.39 is 11.7 Å². The number of aliphatic hydroxyl groups excluding tert-OH is 1. The van der Waals surface area contributed by atoms with E-state index in [9.17, 15) is 10.2 Å². The summed E-state index contributed by atoms with van der Waals surface area (Å²) in [7, 11) is 0. The van der Waals surface area contributed by atoms with E-state index in [1.807, 2.05) is 19.9 Å². The van der Waals surface area contributed by atoms with Crippen molar-refractivity contribution in [3.05, 3.63) is 35.4 Å². The molecule has 0 aromatic carbocycles. The van der Waals surface area contributed by atoms with Gasteiger partial charge in [0.25, 0.3) is 0 Å². The number of aliphatic hydroxyl groups is 2. The van der Waals surface area contributed by atoms with Gasteiger partial charge >= 0.3 is 0 Å². The van der Waals surface area contributed by atoms with Crippen molar-refractivity contribution in [1.29, 1.82) is 0 Å². The molecule has 2 heteroatoms. The van der Waals surface area contributed by atoms with Crippen molar-refractivity contribution in [3.63, 3.8) is 0 Å². The summed E-state index contributed by atoms with van der Waals surface area (Å²) < 4.78 is 24.4. The third-order valence-electron chi connectivity index (χ3n) is 8.14. The minimum Gasteiger partial charge on any atom is -0.393 e. The molecule has 0 radical (unpaired) electrons. The highest BCUT2D eigenvalue weighted by molar-refractivity contribution is 5.36. The Balaban J connectivity index is 1.79. The molecule has 3 aliphatic rings. The first kappa shape index (κ1) is 18.9. The van der Waals surface area contributed by atoms with Crippen molar-refractivity contribution < 1.29 is 14.3 Å². The minimum atomic E-state index is -0.585. The molecule has 3 saturated carbocycles. The summed E-state index contributed by atoms with van der Waals surface area (Å²) >= 11 is 0. The van der Waals surface area contributed by atoms with E-state index in [-0.39, 0.29) is 11.9 Å². The van der Waals surface area contributed by atoms with E-state index in [0.29, 0.717) is 54.2 Å². The summed E-state index contributed by atoms with van der Waals surface area (Å²) in [5.74, 6) is 1.82. The monoisotopic (exact) mass is 403 g/mol. The van der Waals surface area contributed by atoms with Crippen LogP contribution in [0.4, 0.5) is 0 Å². The van der Waals surface area contributed by atoms with E-state index in [2.05, 4.69) is 13.8 Å². The number of fused-ring (bicyclic) bond motifs is 1. The Morgan fingerprint density at radius 3 is 2.86 bits per heavy atom. The predicted octanol–water partition coefficient (Wildman–Crippen LogP) is 6.73. The topological polar surface area (TPSA) is 40.5 Å². The molecule has 0 spiro atoms. The molecule has 0 aromatic rings. The van der Waals surface area contributed by atoms with Gasteiger partial charge < -0.3 is 10.2 Å². The summed E-state index contributed by atoms with van der Waals surface area (Å²) in [6, 6.07) is 0.414. The molecule has 0 heterocycles. The van der Waals surface area contributed by atoms with E-state index in [1.54, 1.807) is 0 Å². The summed E-state index contributed by atoms with van der Waals surface area (Å²) in [5, 5.41) is 20.2. The molecule has 3 fully saturated rings. The van der Waals surface area contributed by atoms with Gasteiger partial charge in [-0.05, 0) is 100 Å². The van der Waals surface area contributed by atoms with Gasteiger partial charge in [0, 0.05) is 0 Å². The first-order valence-corrected chi connectivity index (χ1v) is 11.9. The Morgan fingerprint density at radius 2 is 2.14 bits per heavy atom. The highest BCUT2D eigenvalue weighted by Gasteiger charge is 2.50. The fourth-order valence-electron chi connectivity index (χ4n) is 6.49. The normalized spacial score (nSPS) is 38.8. The Hall–Kier alpha value is -0.860. The zero-order chi connectivity index (χ0) is 23.7. The number of hydrogen-bond donors (Lipinski definition) is 2. The Morgan fingerprint density at radius 1 is 1.34 bits per heavy atom. The Kier molecular flexibility index (Phi) is 5.92. The Labute approximate surface area is 183 Å². The highest BCUT2D eigenvalue weighted by Crippen LogP contribution is 2.60. The largest absolute Gasteiger partial charge is 0.393 e. The molecule has 5 atom stereocenters. The molecule has 0 bridgehead atoms. The Bertz CT molecular complexity index is 772. The molecule has 3 rings (SSSR count). The van der Waals surface area contributed by atoms with Crippen LogP contribution in [0.1, 0.15) is 102 Å². The van der Waals surface area contributed by atoms with Crippen LogP contribution in [0, 0.1) is 23.2 Å². The quantitative estimate of drug-likeness (QED) is 0.516. The van der Waals surface area contributed by atoms with Gasteiger partial charge in [0.1, 0.15) is 0 Å². The number of allylic oxidation sites excluding steroid dienone is 4. The molecule has 0 aliphatic heterocycles. The molecular formula is C27H44O2. The predicted molar refractivity (Wildman–Crippen MR) is 123 cm³/mol. The van der Waals surface area contributed by atoms with Crippen molar-refractivity contribution in [2.75, 3.05) is 0 Å². The highest BCUT2D eigenvalue weighted by atomic mass is 16.3. The maximum Gasteiger partial charge on any atom is 0.0626 e. The van der Waals surface area contributed by atoms with Crippen LogP contribution in [0.2, 0.25) is 0 Å². The molecule has 0 saturated heterocycles. The van der Waals surface area contributed by atoms with Gasteiger partial charge in [0.05, 0.1) is 15.8 Å². The average molecular weight is 404 g/mol. The standard InChI is InChI=1S/C27H44O2/c1-19-10-13-23(28)18-22(19)12-11-21-9-7-17-27(5)24(14-15-25(21)27)20(2)8-6-16-26(3,4)29/h11-12,20,23-25,28-29H,1,6-10,13-18H2,2-5H3/i1D2,12D. The summed E-state index contributed by atoms with van der Waals surface area (Å²) in [6.45, 7) is 8.44. The summed E-state index contributed by atoms with van der Waals surface area (Å²) in [5.41, 5.74) is 2.40. The third kappa shape index (κ3) is 5.44. The molecule has 0 amide bonds. The molecule has 2 nitrogen and oxygen atoms in total. The lowest BCUT2D eigenvalue weighted by atomic mass is 9.60. The summed E-state index contributed by atoms with van der Waals surface area (Å²) in [4.78, 5) is 0. The SMILES string of the molecule is [2H]C([2H])=C1CCC(O)CC1=C([2H])C=C1CCCC2(C)C1CCC2C(C)CCCC(C)(C)O. The van der Waals surface area contributed by atoms with Gasteiger partial charge in [-0.25, -0.2) is 0 Å². The van der Waals surface area contributed by atoms with Crippen LogP contribution in [0.3, 0.4) is 0 Å². The fourth-order valence-corrected chi connectivity index (χ4v) is 6.49. The molecule has 5 unspecified atom stereocenters. The maximum atomic E-state index is 10.1. The number of rotatable bonds is 6. The van der Waals surface area contributed by atoms with E-state index in [0.717, 1.165) is 32.1 Å². The van der Waals surface area contributed by atoms with E-state index in [1.165, 1.54) is 24.8 Å². The second-order valence-electron chi connectivity index (χ2n) is 11.0. The zero-order valence-electron chi connectivity index (χ0n) is 22.1. The van der Waals surface area contributed by atoms with E-state index >= 15 is 0 Å².